The zero-order valence-electron chi connectivity index (χ0n) is 14.0. The SMILES string of the molecule is Cc1cnc(-c2ccccc2)n1CC1CN(C(=O)c2cnccn2)C1. The Balaban J connectivity index is 1.44. The van der Waals surface area contributed by atoms with Crippen LogP contribution in [0.15, 0.2) is 55.1 Å². The van der Waals surface area contributed by atoms with E-state index < -0.39 is 0 Å². The molecule has 25 heavy (non-hydrogen) atoms. The Morgan fingerprint density at radius 3 is 2.64 bits per heavy atom. The predicted molar refractivity (Wildman–Crippen MR) is 93.8 cm³/mol. The highest BCUT2D eigenvalue weighted by Gasteiger charge is 2.32. The lowest BCUT2D eigenvalue weighted by Gasteiger charge is -2.39. The van der Waals surface area contributed by atoms with Gasteiger partial charge >= 0.3 is 0 Å². The first-order chi connectivity index (χ1) is 12.2. The van der Waals surface area contributed by atoms with Crippen molar-refractivity contribution in [1.29, 1.82) is 0 Å². The molecular weight excluding hydrogens is 314 g/mol. The van der Waals surface area contributed by atoms with Crippen LogP contribution in [-0.2, 0) is 6.54 Å². The number of aryl methyl sites for hydroxylation is 1. The molecule has 1 amide bonds. The molecule has 0 atom stereocenters. The van der Waals surface area contributed by atoms with E-state index in [1.165, 1.54) is 6.20 Å². The third-order valence-corrected chi connectivity index (χ3v) is 4.55. The molecule has 126 valence electrons. The fraction of sp³-hybridized carbons (Fsp3) is 0.263. The van der Waals surface area contributed by atoms with Gasteiger partial charge in [0.15, 0.2) is 0 Å². The average Bonchev–Trinajstić information content (AvgIpc) is 2.99. The van der Waals surface area contributed by atoms with Crippen LogP contribution in [0.1, 0.15) is 16.2 Å². The molecule has 4 rings (SSSR count). The van der Waals surface area contributed by atoms with Crippen molar-refractivity contribution < 1.29 is 4.79 Å². The number of hydrogen-bond acceptors (Lipinski definition) is 4. The second-order valence-corrected chi connectivity index (χ2v) is 6.37. The lowest BCUT2D eigenvalue weighted by Crippen LogP contribution is -2.51. The fourth-order valence-corrected chi connectivity index (χ4v) is 3.19. The maximum atomic E-state index is 12.3. The first-order valence-corrected chi connectivity index (χ1v) is 8.35. The van der Waals surface area contributed by atoms with Crippen molar-refractivity contribution in [2.45, 2.75) is 13.5 Å². The molecule has 6 heteroatoms. The molecule has 0 radical (unpaired) electrons. The molecular formula is C19H19N5O. The van der Waals surface area contributed by atoms with Gasteiger partial charge in [0.05, 0.1) is 6.20 Å². The second kappa shape index (κ2) is 6.47. The summed E-state index contributed by atoms with van der Waals surface area (Å²) in [5, 5.41) is 0. The van der Waals surface area contributed by atoms with Crippen molar-refractivity contribution in [2.24, 2.45) is 5.92 Å². The molecule has 1 aliphatic rings. The van der Waals surface area contributed by atoms with E-state index in [4.69, 9.17) is 0 Å². The third-order valence-electron chi connectivity index (χ3n) is 4.55. The summed E-state index contributed by atoms with van der Waals surface area (Å²) < 4.78 is 2.24. The van der Waals surface area contributed by atoms with Crippen LogP contribution in [-0.4, -0.2) is 43.4 Å². The summed E-state index contributed by atoms with van der Waals surface area (Å²) in [7, 11) is 0. The topological polar surface area (TPSA) is 63.9 Å². The number of likely N-dealkylation sites (tertiary alicyclic amines) is 1. The number of benzene rings is 1. The molecule has 1 saturated heterocycles. The van der Waals surface area contributed by atoms with E-state index in [0.29, 0.717) is 11.6 Å². The van der Waals surface area contributed by atoms with Gasteiger partial charge in [-0.05, 0) is 6.92 Å². The molecule has 6 nitrogen and oxygen atoms in total. The highest BCUT2D eigenvalue weighted by atomic mass is 16.2. The Morgan fingerprint density at radius 2 is 1.92 bits per heavy atom. The highest BCUT2D eigenvalue weighted by Crippen LogP contribution is 2.25. The Hall–Kier alpha value is -3.02. The van der Waals surface area contributed by atoms with Crippen molar-refractivity contribution >= 4 is 5.91 Å². The van der Waals surface area contributed by atoms with Crippen LogP contribution in [0.4, 0.5) is 0 Å². The van der Waals surface area contributed by atoms with Gasteiger partial charge in [-0.1, -0.05) is 30.3 Å². The number of rotatable bonds is 4. The summed E-state index contributed by atoms with van der Waals surface area (Å²) >= 11 is 0. The van der Waals surface area contributed by atoms with Crippen molar-refractivity contribution in [1.82, 2.24) is 24.4 Å². The minimum Gasteiger partial charge on any atom is -0.336 e. The van der Waals surface area contributed by atoms with E-state index in [2.05, 4.69) is 38.6 Å². The molecule has 0 bridgehead atoms. The summed E-state index contributed by atoms with van der Waals surface area (Å²) in [5.74, 6) is 1.36. The minimum absolute atomic E-state index is 0.0463. The van der Waals surface area contributed by atoms with Gasteiger partial charge in [0.2, 0.25) is 0 Å². The maximum Gasteiger partial charge on any atom is 0.274 e. The molecule has 0 spiro atoms. The molecule has 3 aromatic rings. The Labute approximate surface area is 146 Å². The molecule has 0 aliphatic carbocycles. The van der Waals surface area contributed by atoms with Crippen molar-refractivity contribution in [3.05, 3.63) is 66.5 Å². The highest BCUT2D eigenvalue weighted by molar-refractivity contribution is 5.92. The number of aromatic nitrogens is 4. The number of nitrogens with zero attached hydrogens (tertiary/aromatic N) is 5. The van der Waals surface area contributed by atoms with Gasteiger partial charge in [0.1, 0.15) is 11.5 Å². The van der Waals surface area contributed by atoms with Crippen LogP contribution in [0, 0.1) is 12.8 Å². The number of imidazole rings is 1. The Kier molecular flexibility index (Phi) is 4.01. The largest absolute Gasteiger partial charge is 0.336 e. The van der Waals surface area contributed by atoms with E-state index in [-0.39, 0.29) is 5.91 Å². The number of carbonyl (C=O) groups excluding carboxylic acids is 1. The van der Waals surface area contributed by atoms with Gasteiger partial charge in [-0.3, -0.25) is 9.78 Å². The third kappa shape index (κ3) is 3.03. The lowest BCUT2D eigenvalue weighted by molar-refractivity contribution is 0.0462. The van der Waals surface area contributed by atoms with E-state index >= 15 is 0 Å². The van der Waals surface area contributed by atoms with Gasteiger partial charge in [0, 0.05) is 55.4 Å². The van der Waals surface area contributed by atoms with Crippen molar-refractivity contribution in [2.75, 3.05) is 13.1 Å². The molecule has 1 aliphatic heterocycles. The molecule has 0 N–H and O–H groups in total. The summed E-state index contributed by atoms with van der Waals surface area (Å²) in [6.45, 7) is 4.41. The second-order valence-electron chi connectivity index (χ2n) is 6.37. The Bertz CT molecular complexity index is 869. The summed E-state index contributed by atoms with van der Waals surface area (Å²) in [5.41, 5.74) is 2.66. The number of carbonyl (C=O) groups is 1. The molecule has 2 aromatic heterocycles. The predicted octanol–water partition coefficient (Wildman–Crippen LogP) is 2.42. The van der Waals surface area contributed by atoms with Gasteiger partial charge < -0.3 is 9.47 Å². The van der Waals surface area contributed by atoms with Crippen molar-refractivity contribution in [3.63, 3.8) is 0 Å². The minimum atomic E-state index is -0.0463. The zero-order valence-corrected chi connectivity index (χ0v) is 14.0. The summed E-state index contributed by atoms with van der Waals surface area (Å²) in [6, 6.07) is 10.2. The molecule has 1 aromatic carbocycles. The van der Waals surface area contributed by atoms with Crippen LogP contribution in [0.5, 0.6) is 0 Å². The smallest absolute Gasteiger partial charge is 0.274 e. The monoisotopic (exact) mass is 333 g/mol. The van der Waals surface area contributed by atoms with E-state index in [1.807, 2.05) is 29.3 Å². The van der Waals surface area contributed by atoms with Crippen LogP contribution >= 0.6 is 0 Å². The average molecular weight is 333 g/mol. The summed E-state index contributed by atoms with van der Waals surface area (Å²) in [4.78, 5) is 26.8. The summed E-state index contributed by atoms with van der Waals surface area (Å²) in [6.07, 6.45) is 6.54. The van der Waals surface area contributed by atoms with Crippen LogP contribution in [0.3, 0.4) is 0 Å². The van der Waals surface area contributed by atoms with Gasteiger partial charge in [-0.15, -0.1) is 0 Å². The van der Waals surface area contributed by atoms with E-state index in [9.17, 15) is 4.79 Å². The Morgan fingerprint density at radius 1 is 1.12 bits per heavy atom. The van der Waals surface area contributed by atoms with Crippen LogP contribution < -0.4 is 0 Å². The van der Waals surface area contributed by atoms with Crippen molar-refractivity contribution in [3.8, 4) is 11.4 Å². The standard InChI is InChI=1S/C19H19N5O/c1-14-9-22-18(16-5-3-2-4-6-16)24(14)13-15-11-23(12-15)19(25)17-10-20-7-8-21-17/h2-10,15H,11-13H2,1H3. The lowest BCUT2D eigenvalue weighted by atomic mass is 9.99. The first-order valence-electron chi connectivity index (χ1n) is 8.35. The van der Waals surface area contributed by atoms with Gasteiger partial charge in [0.25, 0.3) is 5.91 Å². The number of hydrogen-bond donors (Lipinski definition) is 0. The molecule has 0 unspecified atom stereocenters. The quantitative estimate of drug-likeness (QED) is 0.735. The van der Waals surface area contributed by atoms with Crippen LogP contribution in [0.25, 0.3) is 11.4 Å². The fourth-order valence-electron chi connectivity index (χ4n) is 3.19. The van der Waals surface area contributed by atoms with E-state index in [1.54, 1.807) is 12.4 Å². The van der Waals surface area contributed by atoms with Crippen LogP contribution in [0.2, 0.25) is 0 Å². The normalized spacial score (nSPS) is 14.4. The molecule has 0 saturated carbocycles. The van der Waals surface area contributed by atoms with Gasteiger partial charge in [-0.2, -0.15) is 0 Å². The van der Waals surface area contributed by atoms with Gasteiger partial charge in [-0.25, -0.2) is 9.97 Å². The first kappa shape index (κ1) is 15.5. The zero-order chi connectivity index (χ0) is 17.2. The molecule has 1 fully saturated rings. The van der Waals surface area contributed by atoms with E-state index in [0.717, 1.165) is 36.7 Å². The number of amides is 1. The molecule has 3 heterocycles. The maximum absolute atomic E-state index is 12.3.